The van der Waals surface area contributed by atoms with Gasteiger partial charge in [0.15, 0.2) is 0 Å². The summed E-state index contributed by atoms with van der Waals surface area (Å²) in [5.74, 6) is -0.441. The van der Waals surface area contributed by atoms with Crippen molar-refractivity contribution in [2.75, 3.05) is 11.4 Å². The minimum Gasteiger partial charge on any atom is -0.459 e. The van der Waals surface area contributed by atoms with Crippen LogP contribution < -0.4 is 15.5 Å². The quantitative estimate of drug-likeness (QED) is 0.577. The molecule has 1 unspecified atom stereocenters. The Hall–Kier alpha value is -3.28. The topological polar surface area (TPSA) is 70.7 Å². The predicted octanol–water partition coefficient (Wildman–Crippen LogP) is 4.93. The van der Waals surface area contributed by atoms with Crippen molar-refractivity contribution in [3.05, 3.63) is 77.0 Å². The van der Waals surface area contributed by atoms with Gasteiger partial charge in [0.1, 0.15) is 0 Å². The average Bonchev–Trinajstić information content (AvgIpc) is 2.77. The van der Waals surface area contributed by atoms with Crippen molar-refractivity contribution in [2.45, 2.75) is 53.3 Å². The van der Waals surface area contributed by atoms with Crippen LogP contribution in [0.15, 0.2) is 65.9 Å². The van der Waals surface area contributed by atoms with Gasteiger partial charge in [-0.15, -0.1) is 0 Å². The maximum atomic E-state index is 13.0. The molecule has 170 valence electrons. The van der Waals surface area contributed by atoms with Gasteiger partial charge in [-0.05, 0) is 49.9 Å². The lowest BCUT2D eigenvalue weighted by Crippen LogP contribution is -2.47. The molecule has 3 rings (SSSR count). The third kappa shape index (κ3) is 5.49. The SMILES string of the molecule is CCN(Cc1ccccc1)c1ccc(C2NC(=O)NC(C(C)C)=C2C(=O)OC(C)C)cc1. The number of benzene rings is 2. The number of rotatable bonds is 8. The Labute approximate surface area is 190 Å². The highest BCUT2D eigenvalue weighted by Gasteiger charge is 2.35. The fraction of sp³-hybridized carbons (Fsp3) is 0.385. The van der Waals surface area contributed by atoms with Crippen molar-refractivity contribution in [3.63, 3.8) is 0 Å². The molecule has 0 saturated carbocycles. The number of nitrogens with zero attached hydrogens (tertiary/aromatic N) is 1. The minimum atomic E-state index is -0.564. The van der Waals surface area contributed by atoms with E-state index in [1.54, 1.807) is 0 Å². The summed E-state index contributed by atoms with van der Waals surface area (Å²) < 4.78 is 5.51. The van der Waals surface area contributed by atoms with Crippen LogP contribution in [0.3, 0.4) is 0 Å². The van der Waals surface area contributed by atoms with E-state index in [0.717, 1.165) is 24.3 Å². The summed E-state index contributed by atoms with van der Waals surface area (Å²) in [5, 5.41) is 5.71. The summed E-state index contributed by atoms with van der Waals surface area (Å²) in [7, 11) is 0. The normalized spacial score (nSPS) is 16.1. The summed E-state index contributed by atoms with van der Waals surface area (Å²) in [6, 6.07) is 17.5. The van der Waals surface area contributed by atoms with Crippen molar-refractivity contribution < 1.29 is 14.3 Å². The zero-order valence-electron chi connectivity index (χ0n) is 19.5. The van der Waals surface area contributed by atoms with Crippen molar-refractivity contribution in [2.24, 2.45) is 5.92 Å². The number of hydrogen-bond donors (Lipinski definition) is 2. The summed E-state index contributed by atoms with van der Waals surface area (Å²) in [6.45, 7) is 11.3. The van der Waals surface area contributed by atoms with E-state index in [1.807, 2.05) is 70.2 Å². The number of anilines is 1. The van der Waals surface area contributed by atoms with Crippen LogP contribution in [0, 0.1) is 5.92 Å². The highest BCUT2D eigenvalue weighted by atomic mass is 16.5. The number of amides is 2. The second-order valence-electron chi connectivity index (χ2n) is 8.56. The molecule has 2 amide bonds. The summed E-state index contributed by atoms with van der Waals surface area (Å²) in [5.41, 5.74) is 4.23. The first-order chi connectivity index (χ1) is 15.3. The molecular weight excluding hydrogens is 402 g/mol. The van der Waals surface area contributed by atoms with Crippen molar-refractivity contribution in [1.82, 2.24) is 10.6 Å². The van der Waals surface area contributed by atoms with Crippen LogP contribution in [-0.2, 0) is 16.1 Å². The molecular formula is C26H33N3O3. The van der Waals surface area contributed by atoms with Gasteiger partial charge in [0.25, 0.3) is 0 Å². The van der Waals surface area contributed by atoms with Crippen molar-refractivity contribution in [1.29, 1.82) is 0 Å². The first-order valence-corrected chi connectivity index (χ1v) is 11.2. The van der Waals surface area contributed by atoms with Crippen LogP contribution in [0.5, 0.6) is 0 Å². The molecule has 1 atom stereocenters. The van der Waals surface area contributed by atoms with Crippen LogP contribution in [0.25, 0.3) is 0 Å². The van der Waals surface area contributed by atoms with Crippen molar-refractivity contribution >= 4 is 17.7 Å². The van der Waals surface area contributed by atoms with E-state index in [-0.39, 0.29) is 18.1 Å². The minimum absolute atomic E-state index is 0.0287. The predicted molar refractivity (Wildman–Crippen MR) is 127 cm³/mol. The summed E-state index contributed by atoms with van der Waals surface area (Å²) >= 11 is 0. The number of esters is 1. The van der Waals surface area contributed by atoms with Gasteiger partial charge < -0.3 is 20.3 Å². The van der Waals surface area contributed by atoms with E-state index in [1.165, 1.54) is 5.56 Å². The Bertz CT molecular complexity index is 966. The second-order valence-corrected chi connectivity index (χ2v) is 8.56. The number of allylic oxidation sites excluding steroid dienone is 1. The van der Waals surface area contributed by atoms with Gasteiger partial charge in [0, 0.05) is 24.5 Å². The van der Waals surface area contributed by atoms with Gasteiger partial charge in [-0.1, -0.05) is 56.3 Å². The fourth-order valence-electron chi connectivity index (χ4n) is 3.86. The number of carbonyl (C=O) groups excluding carboxylic acids is 2. The third-order valence-electron chi connectivity index (χ3n) is 5.43. The van der Waals surface area contributed by atoms with Gasteiger partial charge in [-0.25, -0.2) is 9.59 Å². The Morgan fingerprint density at radius 1 is 1.03 bits per heavy atom. The molecule has 1 aliphatic heterocycles. The Balaban J connectivity index is 1.91. The maximum Gasteiger partial charge on any atom is 0.338 e. The molecule has 1 aliphatic rings. The number of hydrogen-bond acceptors (Lipinski definition) is 4. The highest BCUT2D eigenvalue weighted by molar-refractivity contribution is 5.95. The number of carbonyl (C=O) groups is 2. The second kappa shape index (κ2) is 10.4. The van der Waals surface area contributed by atoms with Crippen molar-refractivity contribution in [3.8, 4) is 0 Å². The van der Waals surface area contributed by atoms with Gasteiger partial charge >= 0.3 is 12.0 Å². The van der Waals surface area contributed by atoms with Crippen LogP contribution in [0.4, 0.5) is 10.5 Å². The van der Waals surface area contributed by atoms with E-state index in [0.29, 0.717) is 11.3 Å². The van der Waals surface area contributed by atoms with Gasteiger partial charge in [-0.2, -0.15) is 0 Å². The van der Waals surface area contributed by atoms with E-state index in [4.69, 9.17) is 4.74 Å². The Morgan fingerprint density at radius 3 is 2.25 bits per heavy atom. The van der Waals surface area contributed by atoms with Gasteiger partial charge in [0.05, 0.1) is 17.7 Å². The number of urea groups is 1. The molecule has 6 heteroatoms. The molecule has 2 aromatic rings. The lowest BCUT2D eigenvalue weighted by Gasteiger charge is -2.31. The molecule has 0 aliphatic carbocycles. The van der Waals surface area contributed by atoms with Crippen LogP contribution in [0.2, 0.25) is 0 Å². The molecule has 0 fully saturated rings. The molecule has 0 bridgehead atoms. The van der Waals surface area contributed by atoms with E-state index >= 15 is 0 Å². The average molecular weight is 436 g/mol. The molecule has 32 heavy (non-hydrogen) atoms. The zero-order valence-corrected chi connectivity index (χ0v) is 19.5. The van der Waals surface area contributed by atoms with E-state index < -0.39 is 12.0 Å². The zero-order chi connectivity index (χ0) is 23.3. The molecule has 2 aromatic carbocycles. The van der Waals surface area contributed by atoms with Gasteiger partial charge in [0.2, 0.25) is 0 Å². The van der Waals surface area contributed by atoms with Crippen LogP contribution in [0.1, 0.15) is 51.8 Å². The Morgan fingerprint density at radius 2 is 1.69 bits per heavy atom. The van der Waals surface area contributed by atoms with Gasteiger partial charge in [-0.3, -0.25) is 0 Å². The molecule has 0 aromatic heterocycles. The highest BCUT2D eigenvalue weighted by Crippen LogP contribution is 2.32. The lowest BCUT2D eigenvalue weighted by atomic mass is 9.91. The number of nitrogens with one attached hydrogen (secondary N) is 2. The lowest BCUT2D eigenvalue weighted by molar-refractivity contribution is -0.143. The summed E-state index contributed by atoms with van der Waals surface area (Å²) in [4.78, 5) is 27.6. The Kier molecular flexibility index (Phi) is 7.57. The monoisotopic (exact) mass is 435 g/mol. The maximum absolute atomic E-state index is 13.0. The molecule has 6 nitrogen and oxygen atoms in total. The first kappa shape index (κ1) is 23.4. The first-order valence-electron chi connectivity index (χ1n) is 11.2. The molecule has 0 saturated heterocycles. The smallest absolute Gasteiger partial charge is 0.338 e. The van der Waals surface area contributed by atoms with E-state index in [9.17, 15) is 9.59 Å². The number of ether oxygens (including phenoxy) is 1. The van der Waals surface area contributed by atoms with E-state index in [2.05, 4.69) is 34.6 Å². The summed E-state index contributed by atoms with van der Waals surface area (Å²) in [6.07, 6.45) is -0.250. The van der Waals surface area contributed by atoms with Crippen LogP contribution >= 0.6 is 0 Å². The molecule has 2 N–H and O–H groups in total. The largest absolute Gasteiger partial charge is 0.459 e. The molecule has 0 spiro atoms. The molecule has 1 heterocycles. The molecule has 0 radical (unpaired) electrons. The fourth-order valence-corrected chi connectivity index (χ4v) is 3.86. The third-order valence-corrected chi connectivity index (χ3v) is 5.43. The standard InChI is InChI=1S/C26H33N3O3/c1-6-29(16-19-10-8-7-9-11-19)21-14-12-20(13-15-21)24-22(25(30)32-18(4)5)23(17(2)3)27-26(31)28-24/h7-15,17-18,24H,6,16H2,1-5H3,(H2,27,28,31). The van der Waals surface area contributed by atoms with Crippen LogP contribution in [-0.4, -0.2) is 24.6 Å².